The van der Waals surface area contributed by atoms with E-state index in [2.05, 4.69) is 25.0 Å². The standard InChI is InChI=1S/C7H4BrNO4S/c8-5-3-1-2-4-6(5)13-7(10)9-14(11)12/h1-4H. The highest BCUT2D eigenvalue weighted by Crippen LogP contribution is 2.23. The Balaban J connectivity index is 2.85. The highest BCUT2D eigenvalue weighted by molar-refractivity contribution is 9.10. The van der Waals surface area contributed by atoms with Gasteiger partial charge in [0.25, 0.3) is 0 Å². The Morgan fingerprint density at radius 1 is 1.36 bits per heavy atom. The second kappa shape index (κ2) is 4.87. The van der Waals surface area contributed by atoms with E-state index in [-0.39, 0.29) is 5.75 Å². The lowest BCUT2D eigenvalue weighted by Gasteiger charge is -2.00. The molecular formula is C7H4BrNO4S. The van der Waals surface area contributed by atoms with Gasteiger partial charge in [0.1, 0.15) is 5.75 Å². The number of hydrogen-bond acceptors (Lipinski definition) is 4. The minimum atomic E-state index is -2.79. The highest BCUT2D eigenvalue weighted by Gasteiger charge is 2.05. The molecule has 0 bridgehead atoms. The summed E-state index contributed by atoms with van der Waals surface area (Å²) >= 11 is 3.12. The van der Waals surface area contributed by atoms with Gasteiger partial charge in [0.05, 0.1) is 4.47 Å². The third-order valence-electron chi connectivity index (χ3n) is 1.18. The number of hydrogen-bond donors (Lipinski definition) is 0. The summed E-state index contributed by atoms with van der Waals surface area (Å²) in [6.45, 7) is 0. The molecule has 0 aliphatic heterocycles. The molecule has 0 saturated carbocycles. The summed E-state index contributed by atoms with van der Waals surface area (Å²) < 4.78 is 27.8. The fourth-order valence-electron chi connectivity index (χ4n) is 0.701. The van der Waals surface area contributed by atoms with Gasteiger partial charge >= 0.3 is 16.6 Å². The van der Waals surface area contributed by atoms with E-state index in [0.717, 1.165) is 0 Å². The van der Waals surface area contributed by atoms with Crippen molar-refractivity contribution in [3.8, 4) is 5.75 Å². The molecule has 5 nitrogen and oxygen atoms in total. The van der Waals surface area contributed by atoms with Crippen molar-refractivity contribution in [3.05, 3.63) is 28.7 Å². The Morgan fingerprint density at radius 2 is 2.00 bits per heavy atom. The highest BCUT2D eigenvalue weighted by atomic mass is 79.9. The molecule has 0 aliphatic carbocycles. The Labute approximate surface area is 89.5 Å². The van der Waals surface area contributed by atoms with Crippen LogP contribution in [-0.2, 0) is 10.5 Å². The molecule has 0 fully saturated rings. The summed E-state index contributed by atoms with van der Waals surface area (Å²) in [6.07, 6.45) is -1.18. The molecule has 1 amide bonds. The second-order valence-electron chi connectivity index (χ2n) is 2.11. The molecule has 1 aromatic carbocycles. The van der Waals surface area contributed by atoms with Gasteiger partial charge in [-0.15, -0.1) is 0 Å². The molecule has 1 rings (SSSR count). The average Bonchev–Trinajstić information content (AvgIpc) is 2.07. The summed E-state index contributed by atoms with van der Waals surface area (Å²) in [6, 6.07) is 6.52. The molecule has 14 heavy (non-hydrogen) atoms. The van der Waals surface area contributed by atoms with Gasteiger partial charge < -0.3 is 4.74 Å². The minimum Gasteiger partial charge on any atom is -0.407 e. The van der Waals surface area contributed by atoms with Crippen molar-refractivity contribution in [3.63, 3.8) is 0 Å². The molecule has 0 unspecified atom stereocenters. The van der Waals surface area contributed by atoms with Gasteiger partial charge in [-0.2, -0.15) is 8.42 Å². The first-order valence-electron chi connectivity index (χ1n) is 3.37. The normalized spacial score (nSPS) is 9.21. The predicted octanol–water partition coefficient (Wildman–Crippen LogP) is 2.01. The molecule has 0 radical (unpaired) electrons. The summed E-state index contributed by atoms with van der Waals surface area (Å²) in [4.78, 5) is 10.8. The number of nitrogens with zero attached hydrogens (tertiary/aromatic N) is 1. The summed E-state index contributed by atoms with van der Waals surface area (Å²) in [5.74, 6) is 0.215. The van der Waals surface area contributed by atoms with Crippen LogP contribution >= 0.6 is 15.9 Å². The molecule has 0 spiro atoms. The zero-order valence-corrected chi connectivity index (χ0v) is 9.08. The number of benzene rings is 1. The van der Waals surface area contributed by atoms with Crippen LogP contribution in [0, 0.1) is 0 Å². The van der Waals surface area contributed by atoms with Crippen LogP contribution in [0.2, 0.25) is 0 Å². The molecule has 1 aromatic rings. The Morgan fingerprint density at radius 3 is 2.57 bits per heavy atom. The molecule has 74 valence electrons. The summed E-state index contributed by atoms with van der Waals surface area (Å²) in [7, 11) is -2.79. The van der Waals surface area contributed by atoms with Gasteiger partial charge in [0.2, 0.25) is 0 Å². The number of carbonyl (C=O) groups is 1. The van der Waals surface area contributed by atoms with Crippen LogP contribution in [0.1, 0.15) is 0 Å². The minimum absolute atomic E-state index is 0.215. The smallest absolute Gasteiger partial charge is 0.407 e. The fraction of sp³-hybridized carbons (Fsp3) is 0. The molecule has 0 saturated heterocycles. The second-order valence-corrected chi connectivity index (χ2v) is 3.58. The van der Waals surface area contributed by atoms with E-state index in [4.69, 9.17) is 0 Å². The SMILES string of the molecule is O=C(N=S(=O)=O)Oc1ccccc1Br. The van der Waals surface area contributed by atoms with Crippen LogP contribution in [0.3, 0.4) is 0 Å². The van der Waals surface area contributed by atoms with Crippen molar-refractivity contribution in [2.75, 3.05) is 0 Å². The van der Waals surface area contributed by atoms with Crippen LogP contribution in [0.15, 0.2) is 33.1 Å². The Hall–Kier alpha value is -1.21. The third-order valence-corrected chi connectivity index (χ3v) is 2.14. The number of halogens is 1. The summed E-state index contributed by atoms with van der Waals surface area (Å²) in [5, 5.41) is 0. The van der Waals surface area contributed by atoms with Gasteiger partial charge in [-0.05, 0) is 28.1 Å². The van der Waals surface area contributed by atoms with E-state index in [1.165, 1.54) is 6.07 Å². The Bertz CT molecular complexity index is 474. The van der Waals surface area contributed by atoms with Crippen molar-refractivity contribution < 1.29 is 17.9 Å². The van der Waals surface area contributed by atoms with E-state index in [0.29, 0.717) is 4.47 Å². The first-order valence-corrected chi connectivity index (χ1v) is 5.19. The number of para-hydroxylation sites is 1. The molecule has 7 heteroatoms. The monoisotopic (exact) mass is 277 g/mol. The number of carbonyl (C=O) groups excluding carboxylic acids is 1. The predicted molar refractivity (Wildman–Crippen MR) is 51.5 cm³/mol. The van der Waals surface area contributed by atoms with Gasteiger partial charge in [0, 0.05) is 0 Å². The molecular weight excluding hydrogens is 274 g/mol. The number of amides is 1. The van der Waals surface area contributed by atoms with Crippen molar-refractivity contribution in [1.29, 1.82) is 0 Å². The first-order chi connectivity index (χ1) is 6.59. The average molecular weight is 278 g/mol. The largest absolute Gasteiger partial charge is 0.454 e. The van der Waals surface area contributed by atoms with Gasteiger partial charge in [-0.25, -0.2) is 4.79 Å². The van der Waals surface area contributed by atoms with Crippen LogP contribution < -0.4 is 4.74 Å². The maximum Gasteiger partial charge on any atom is 0.454 e. The number of rotatable bonds is 1. The lowest BCUT2D eigenvalue weighted by atomic mass is 10.3. The zero-order chi connectivity index (χ0) is 10.6. The van der Waals surface area contributed by atoms with E-state index < -0.39 is 16.6 Å². The molecule has 0 atom stereocenters. The van der Waals surface area contributed by atoms with Crippen LogP contribution in [0.25, 0.3) is 0 Å². The molecule has 0 aliphatic rings. The van der Waals surface area contributed by atoms with Gasteiger partial charge in [-0.1, -0.05) is 16.5 Å². The molecule has 0 aromatic heterocycles. The van der Waals surface area contributed by atoms with Crippen LogP contribution in [-0.4, -0.2) is 14.5 Å². The Kier molecular flexibility index (Phi) is 3.78. The van der Waals surface area contributed by atoms with Crippen molar-refractivity contribution in [2.24, 2.45) is 4.36 Å². The topological polar surface area (TPSA) is 72.8 Å². The van der Waals surface area contributed by atoms with Crippen LogP contribution in [0.5, 0.6) is 5.75 Å². The maximum atomic E-state index is 10.8. The zero-order valence-electron chi connectivity index (χ0n) is 6.68. The van der Waals surface area contributed by atoms with E-state index in [1.54, 1.807) is 18.2 Å². The van der Waals surface area contributed by atoms with Gasteiger partial charge in [-0.3, -0.25) is 0 Å². The van der Waals surface area contributed by atoms with Gasteiger partial charge in [0.15, 0.2) is 0 Å². The summed E-state index contributed by atoms with van der Waals surface area (Å²) in [5.41, 5.74) is 0. The van der Waals surface area contributed by atoms with Crippen LogP contribution in [0.4, 0.5) is 4.79 Å². The lowest BCUT2D eigenvalue weighted by Crippen LogP contribution is -2.01. The van der Waals surface area contributed by atoms with Crippen molar-refractivity contribution >= 4 is 32.5 Å². The quantitative estimate of drug-likeness (QED) is 0.787. The van der Waals surface area contributed by atoms with Crippen molar-refractivity contribution in [1.82, 2.24) is 0 Å². The molecule has 0 heterocycles. The van der Waals surface area contributed by atoms with E-state index in [1.807, 2.05) is 0 Å². The van der Waals surface area contributed by atoms with E-state index in [9.17, 15) is 13.2 Å². The van der Waals surface area contributed by atoms with E-state index >= 15 is 0 Å². The first kappa shape index (κ1) is 10.9. The maximum absolute atomic E-state index is 10.8. The lowest BCUT2D eigenvalue weighted by molar-refractivity contribution is 0.211. The third kappa shape index (κ3) is 3.27. The molecule has 0 N–H and O–H groups in total. The fourth-order valence-corrected chi connectivity index (χ4v) is 1.23. The number of ether oxygens (including phenoxy) is 1. The van der Waals surface area contributed by atoms with Crippen molar-refractivity contribution in [2.45, 2.75) is 0 Å².